The highest BCUT2D eigenvalue weighted by molar-refractivity contribution is 14.0. The van der Waals surface area contributed by atoms with Gasteiger partial charge in [0.25, 0.3) is 0 Å². The predicted molar refractivity (Wildman–Crippen MR) is 124 cm³/mol. The molecule has 1 atom stereocenters. The van der Waals surface area contributed by atoms with Crippen molar-refractivity contribution in [2.75, 3.05) is 26.7 Å². The number of hydrogen-bond donors (Lipinski definition) is 2. The van der Waals surface area contributed by atoms with Gasteiger partial charge in [-0.2, -0.15) is 5.10 Å². The van der Waals surface area contributed by atoms with E-state index >= 15 is 0 Å². The molecule has 2 heterocycles. The highest BCUT2D eigenvalue weighted by Crippen LogP contribution is 2.10. The van der Waals surface area contributed by atoms with Crippen LogP contribution in [0.5, 0.6) is 0 Å². The summed E-state index contributed by atoms with van der Waals surface area (Å²) < 4.78 is 9.20. The number of nitrogens with one attached hydrogen (secondary N) is 2. The second-order valence-corrected chi connectivity index (χ2v) is 7.34. The average Bonchev–Trinajstić information content (AvgIpc) is 2.98. The molecule has 28 heavy (non-hydrogen) atoms. The number of guanidine groups is 1. The van der Waals surface area contributed by atoms with Gasteiger partial charge in [0.1, 0.15) is 5.82 Å². The van der Waals surface area contributed by atoms with Crippen molar-refractivity contribution in [3.63, 3.8) is 0 Å². The second-order valence-electron chi connectivity index (χ2n) is 7.34. The molecule has 1 aliphatic heterocycles. The van der Waals surface area contributed by atoms with E-state index in [1.54, 1.807) is 11.7 Å². The first-order valence-electron chi connectivity index (χ1n) is 10.3. The lowest BCUT2D eigenvalue weighted by atomic mass is 10.0. The molecule has 0 saturated carbocycles. The Balaban J connectivity index is 0.00000392. The van der Waals surface area contributed by atoms with Crippen molar-refractivity contribution in [1.82, 2.24) is 25.0 Å². The average molecular weight is 508 g/mol. The van der Waals surface area contributed by atoms with Gasteiger partial charge >= 0.3 is 5.69 Å². The van der Waals surface area contributed by atoms with Gasteiger partial charge in [-0.05, 0) is 38.5 Å². The summed E-state index contributed by atoms with van der Waals surface area (Å²) in [5, 5.41) is 11.1. The van der Waals surface area contributed by atoms with Crippen LogP contribution in [0, 0.1) is 5.92 Å². The van der Waals surface area contributed by atoms with Gasteiger partial charge in [-0.3, -0.25) is 9.56 Å². The van der Waals surface area contributed by atoms with Crippen LogP contribution < -0.4 is 16.3 Å². The van der Waals surface area contributed by atoms with Crippen molar-refractivity contribution in [2.45, 2.75) is 72.1 Å². The Morgan fingerprint density at radius 3 is 2.68 bits per heavy atom. The van der Waals surface area contributed by atoms with Crippen molar-refractivity contribution >= 4 is 29.9 Å². The highest BCUT2D eigenvalue weighted by Gasteiger charge is 2.16. The summed E-state index contributed by atoms with van der Waals surface area (Å²) in [4.78, 5) is 16.6. The molecular formula is C19H37IN6O2. The van der Waals surface area contributed by atoms with E-state index in [1.807, 2.05) is 11.5 Å². The molecule has 1 aliphatic rings. The first-order valence-corrected chi connectivity index (χ1v) is 10.3. The summed E-state index contributed by atoms with van der Waals surface area (Å²) in [5.74, 6) is 2.22. The molecule has 2 N–H and O–H groups in total. The van der Waals surface area contributed by atoms with Crippen molar-refractivity contribution < 1.29 is 4.74 Å². The number of aryl methyl sites for hydroxylation is 2. The van der Waals surface area contributed by atoms with Crippen LogP contribution in [-0.4, -0.2) is 53.2 Å². The summed E-state index contributed by atoms with van der Waals surface area (Å²) >= 11 is 0. The molecule has 1 aromatic rings. The zero-order chi connectivity index (χ0) is 19.6. The standard InChI is InChI=1S/C19H36N6O2.HI/c1-5-27-16(15(2)3)10-12-22-18(20-4)21-11-8-14-25-19(26)24-13-7-6-9-17(24)23-25;/h15-16H,5-14H2,1-4H3,(H2,20,21,22);1H. The van der Waals surface area contributed by atoms with Crippen molar-refractivity contribution in [2.24, 2.45) is 10.9 Å². The summed E-state index contributed by atoms with van der Waals surface area (Å²) in [7, 11) is 1.77. The third kappa shape index (κ3) is 7.38. The maximum atomic E-state index is 12.3. The van der Waals surface area contributed by atoms with E-state index in [0.717, 1.165) is 70.1 Å². The lowest BCUT2D eigenvalue weighted by molar-refractivity contribution is 0.0258. The van der Waals surface area contributed by atoms with E-state index in [0.29, 0.717) is 12.5 Å². The largest absolute Gasteiger partial charge is 0.378 e. The Hall–Kier alpha value is -1.10. The van der Waals surface area contributed by atoms with Crippen LogP contribution >= 0.6 is 24.0 Å². The van der Waals surface area contributed by atoms with Crippen LogP contribution in [-0.2, 0) is 24.2 Å². The number of aromatic nitrogens is 3. The number of nitrogens with zero attached hydrogens (tertiary/aromatic N) is 4. The molecule has 0 amide bonds. The summed E-state index contributed by atoms with van der Waals surface area (Å²) in [6.07, 6.45) is 5.14. The Bertz CT molecular complexity index is 655. The van der Waals surface area contributed by atoms with E-state index in [9.17, 15) is 4.79 Å². The van der Waals surface area contributed by atoms with Crippen LogP contribution in [0.25, 0.3) is 0 Å². The maximum absolute atomic E-state index is 12.3. The number of aliphatic imine (C=N–C) groups is 1. The summed E-state index contributed by atoms with van der Waals surface area (Å²) in [6, 6.07) is 0. The SMILES string of the molecule is CCOC(CCNC(=NC)NCCCn1nc2n(c1=O)CCCC2)C(C)C.I. The molecule has 0 radical (unpaired) electrons. The van der Waals surface area contributed by atoms with Crippen LogP contribution in [0.2, 0.25) is 0 Å². The molecule has 0 fully saturated rings. The van der Waals surface area contributed by atoms with Crippen molar-refractivity contribution in [3.8, 4) is 0 Å². The van der Waals surface area contributed by atoms with Gasteiger partial charge in [-0.1, -0.05) is 13.8 Å². The van der Waals surface area contributed by atoms with Crippen molar-refractivity contribution in [3.05, 3.63) is 16.3 Å². The molecule has 8 nitrogen and oxygen atoms in total. The Kier molecular flexibility index (Phi) is 11.7. The molecule has 9 heteroatoms. The quantitative estimate of drug-likeness (QED) is 0.219. The van der Waals surface area contributed by atoms with E-state index in [2.05, 4.69) is 34.6 Å². The molecule has 0 aromatic carbocycles. The molecule has 1 unspecified atom stereocenters. The second kappa shape index (κ2) is 13.2. The minimum absolute atomic E-state index is 0. The minimum atomic E-state index is 0. The molecule has 0 spiro atoms. The van der Waals surface area contributed by atoms with E-state index in [4.69, 9.17) is 4.74 Å². The number of fused-ring (bicyclic) bond motifs is 1. The van der Waals surface area contributed by atoms with Crippen LogP contribution in [0.15, 0.2) is 9.79 Å². The number of ether oxygens (including phenoxy) is 1. The normalized spacial score (nSPS) is 15.1. The molecule has 0 aliphatic carbocycles. The highest BCUT2D eigenvalue weighted by atomic mass is 127. The lowest BCUT2D eigenvalue weighted by Crippen LogP contribution is -2.40. The van der Waals surface area contributed by atoms with Gasteiger partial charge in [0.15, 0.2) is 5.96 Å². The Morgan fingerprint density at radius 2 is 2.04 bits per heavy atom. The van der Waals surface area contributed by atoms with Gasteiger partial charge in [0.2, 0.25) is 0 Å². The fourth-order valence-corrected chi connectivity index (χ4v) is 3.41. The van der Waals surface area contributed by atoms with E-state index in [-0.39, 0.29) is 35.8 Å². The summed E-state index contributed by atoms with van der Waals surface area (Å²) in [6.45, 7) is 10.1. The fourth-order valence-electron chi connectivity index (χ4n) is 3.41. The van der Waals surface area contributed by atoms with Gasteiger partial charge in [0, 0.05) is 46.3 Å². The molecule has 2 rings (SSSR count). The molecular weight excluding hydrogens is 471 g/mol. The fraction of sp³-hybridized carbons (Fsp3) is 0.842. The van der Waals surface area contributed by atoms with Gasteiger partial charge < -0.3 is 15.4 Å². The molecule has 0 saturated heterocycles. The smallest absolute Gasteiger partial charge is 0.345 e. The van der Waals surface area contributed by atoms with Crippen molar-refractivity contribution in [1.29, 1.82) is 0 Å². The van der Waals surface area contributed by atoms with E-state index in [1.165, 1.54) is 0 Å². The zero-order valence-corrected chi connectivity index (χ0v) is 20.1. The number of halogens is 1. The minimum Gasteiger partial charge on any atom is -0.378 e. The first-order chi connectivity index (χ1) is 13.1. The maximum Gasteiger partial charge on any atom is 0.345 e. The molecule has 1 aromatic heterocycles. The van der Waals surface area contributed by atoms with Crippen LogP contribution in [0.4, 0.5) is 0 Å². The predicted octanol–water partition coefficient (Wildman–Crippen LogP) is 2.01. The topological polar surface area (TPSA) is 85.5 Å². The van der Waals surface area contributed by atoms with Crippen LogP contribution in [0.3, 0.4) is 0 Å². The third-order valence-corrected chi connectivity index (χ3v) is 4.94. The zero-order valence-electron chi connectivity index (χ0n) is 17.7. The van der Waals surface area contributed by atoms with Gasteiger partial charge in [-0.15, -0.1) is 24.0 Å². The first kappa shape index (κ1) is 24.9. The van der Waals surface area contributed by atoms with Crippen LogP contribution in [0.1, 0.15) is 52.3 Å². The molecule has 0 bridgehead atoms. The number of hydrogen-bond acceptors (Lipinski definition) is 4. The Morgan fingerprint density at radius 1 is 1.29 bits per heavy atom. The number of rotatable bonds is 10. The molecule has 162 valence electrons. The Labute approximate surface area is 185 Å². The van der Waals surface area contributed by atoms with Gasteiger partial charge in [0.05, 0.1) is 6.10 Å². The van der Waals surface area contributed by atoms with Gasteiger partial charge in [-0.25, -0.2) is 9.48 Å². The lowest BCUT2D eigenvalue weighted by Gasteiger charge is -2.21. The third-order valence-electron chi connectivity index (χ3n) is 4.94. The van der Waals surface area contributed by atoms with E-state index < -0.39 is 0 Å². The monoisotopic (exact) mass is 508 g/mol. The summed E-state index contributed by atoms with van der Waals surface area (Å²) in [5.41, 5.74) is 0.0304.